The minimum absolute atomic E-state index is 0.0578. The highest BCUT2D eigenvalue weighted by molar-refractivity contribution is 7.07. The van der Waals surface area contributed by atoms with Crippen LogP contribution in [-0.4, -0.2) is 44.5 Å². The molecule has 0 aromatic carbocycles. The Morgan fingerprint density at radius 1 is 1.26 bits per heavy atom. The lowest BCUT2D eigenvalue weighted by Gasteiger charge is -2.14. The van der Waals surface area contributed by atoms with Crippen molar-refractivity contribution in [1.29, 1.82) is 0 Å². The topological polar surface area (TPSA) is 74.9 Å². The molecule has 144 valence electrons. The number of halogens is 3. The third-order valence-corrected chi connectivity index (χ3v) is 4.14. The van der Waals surface area contributed by atoms with Crippen LogP contribution in [0.2, 0.25) is 0 Å². The van der Waals surface area contributed by atoms with Gasteiger partial charge in [0.1, 0.15) is 11.3 Å². The number of amides is 1. The van der Waals surface area contributed by atoms with E-state index in [1.54, 1.807) is 29.5 Å². The van der Waals surface area contributed by atoms with Crippen molar-refractivity contribution >= 4 is 28.9 Å². The molecule has 0 saturated heterocycles. The van der Waals surface area contributed by atoms with Crippen molar-refractivity contribution < 1.29 is 27.9 Å². The van der Waals surface area contributed by atoms with Crippen LogP contribution in [0.15, 0.2) is 41.4 Å². The standard InChI is InChI=1S/C15H15N3OS.C2HF3O2/c1-11-3-4-14-16-13(9-18(14)7-11)15(19)17(2)8-12-5-6-20-10-12;3-2(4,5)1(6)7/h3-7,9-10H,8H2,1-2H3;(H,6,7). The molecule has 3 rings (SSSR count). The zero-order chi connectivity index (χ0) is 20.2. The minimum Gasteiger partial charge on any atom is -0.475 e. The molecule has 0 aliphatic heterocycles. The fourth-order valence-electron chi connectivity index (χ4n) is 2.13. The van der Waals surface area contributed by atoms with Gasteiger partial charge in [0.15, 0.2) is 0 Å². The van der Waals surface area contributed by atoms with E-state index in [2.05, 4.69) is 10.4 Å². The Morgan fingerprint density at radius 2 is 1.93 bits per heavy atom. The predicted molar refractivity (Wildman–Crippen MR) is 93.7 cm³/mol. The molecular formula is C17H16F3N3O3S. The van der Waals surface area contributed by atoms with Crippen molar-refractivity contribution in [3.8, 4) is 0 Å². The summed E-state index contributed by atoms with van der Waals surface area (Å²) in [4.78, 5) is 27.3. The van der Waals surface area contributed by atoms with E-state index in [4.69, 9.17) is 9.90 Å². The summed E-state index contributed by atoms with van der Waals surface area (Å²) >= 11 is 1.64. The summed E-state index contributed by atoms with van der Waals surface area (Å²) in [5, 5.41) is 11.2. The summed E-state index contributed by atoms with van der Waals surface area (Å²) in [5.41, 5.74) is 3.56. The molecule has 1 N–H and O–H groups in total. The average molecular weight is 399 g/mol. The van der Waals surface area contributed by atoms with Gasteiger partial charge in [0, 0.05) is 26.0 Å². The maximum Gasteiger partial charge on any atom is 0.490 e. The second-order valence-electron chi connectivity index (χ2n) is 5.69. The number of carbonyl (C=O) groups is 2. The molecule has 3 aromatic heterocycles. The van der Waals surface area contributed by atoms with E-state index in [0.29, 0.717) is 12.2 Å². The van der Waals surface area contributed by atoms with Crippen molar-refractivity contribution in [2.24, 2.45) is 0 Å². The number of thiophene rings is 1. The molecular weight excluding hydrogens is 383 g/mol. The van der Waals surface area contributed by atoms with Crippen LogP contribution in [0.1, 0.15) is 21.6 Å². The lowest BCUT2D eigenvalue weighted by Crippen LogP contribution is -2.26. The number of pyridine rings is 1. The zero-order valence-electron chi connectivity index (χ0n) is 14.4. The molecule has 0 spiro atoms. The van der Waals surface area contributed by atoms with Gasteiger partial charge >= 0.3 is 12.1 Å². The molecule has 0 fully saturated rings. The number of carboxylic acids is 1. The Labute approximate surface area is 156 Å². The molecule has 0 unspecified atom stereocenters. The van der Waals surface area contributed by atoms with Crippen molar-refractivity contribution in [3.05, 3.63) is 58.2 Å². The summed E-state index contributed by atoms with van der Waals surface area (Å²) in [7, 11) is 1.80. The largest absolute Gasteiger partial charge is 0.490 e. The summed E-state index contributed by atoms with van der Waals surface area (Å²) in [6.07, 6.45) is -1.33. The van der Waals surface area contributed by atoms with Crippen LogP contribution in [0.3, 0.4) is 0 Å². The van der Waals surface area contributed by atoms with E-state index in [9.17, 15) is 18.0 Å². The van der Waals surface area contributed by atoms with E-state index in [-0.39, 0.29) is 5.91 Å². The Kier molecular flexibility index (Phi) is 6.21. The van der Waals surface area contributed by atoms with E-state index in [1.165, 1.54) is 0 Å². The van der Waals surface area contributed by atoms with Gasteiger partial charge in [0.25, 0.3) is 5.91 Å². The number of aromatic nitrogens is 2. The van der Waals surface area contributed by atoms with Crippen molar-refractivity contribution in [3.63, 3.8) is 0 Å². The van der Waals surface area contributed by atoms with Crippen molar-refractivity contribution in [1.82, 2.24) is 14.3 Å². The number of rotatable bonds is 3. The first-order chi connectivity index (χ1) is 12.6. The number of carboxylic acid groups (broad SMARTS) is 1. The van der Waals surface area contributed by atoms with Crippen LogP contribution in [0, 0.1) is 6.92 Å². The van der Waals surface area contributed by atoms with Gasteiger partial charge in [-0.05, 0) is 40.9 Å². The number of aryl methyl sites for hydroxylation is 1. The van der Waals surface area contributed by atoms with Crippen LogP contribution >= 0.6 is 11.3 Å². The van der Waals surface area contributed by atoms with Crippen LogP contribution < -0.4 is 0 Å². The van der Waals surface area contributed by atoms with Gasteiger partial charge in [-0.2, -0.15) is 24.5 Å². The van der Waals surface area contributed by atoms with Gasteiger partial charge < -0.3 is 14.4 Å². The summed E-state index contributed by atoms with van der Waals surface area (Å²) in [6, 6.07) is 5.94. The number of imidazole rings is 1. The molecule has 0 atom stereocenters. The average Bonchev–Trinajstić information content (AvgIpc) is 3.22. The number of hydrogen-bond donors (Lipinski definition) is 1. The number of carbonyl (C=O) groups excluding carboxylic acids is 1. The van der Waals surface area contributed by atoms with E-state index in [0.717, 1.165) is 16.8 Å². The minimum atomic E-state index is -5.08. The van der Waals surface area contributed by atoms with Crippen molar-refractivity contribution in [2.45, 2.75) is 19.6 Å². The maximum absolute atomic E-state index is 12.4. The Morgan fingerprint density at radius 3 is 2.48 bits per heavy atom. The first kappa shape index (κ1) is 20.4. The first-order valence-corrected chi connectivity index (χ1v) is 8.54. The first-order valence-electron chi connectivity index (χ1n) is 7.60. The highest BCUT2D eigenvalue weighted by atomic mass is 32.1. The van der Waals surface area contributed by atoms with E-state index >= 15 is 0 Å². The van der Waals surface area contributed by atoms with Crippen LogP contribution in [0.5, 0.6) is 0 Å². The van der Waals surface area contributed by atoms with Gasteiger partial charge in [-0.25, -0.2) is 9.78 Å². The molecule has 0 radical (unpaired) electrons. The lowest BCUT2D eigenvalue weighted by atomic mass is 10.3. The quantitative estimate of drug-likeness (QED) is 0.730. The lowest BCUT2D eigenvalue weighted by molar-refractivity contribution is -0.192. The van der Waals surface area contributed by atoms with Gasteiger partial charge in [-0.15, -0.1) is 0 Å². The smallest absolute Gasteiger partial charge is 0.475 e. The molecule has 0 bridgehead atoms. The summed E-state index contributed by atoms with van der Waals surface area (Å²) in [5.74, 6) is -2.81. The number of aliphatic carboxylic acids is 1. The van der Waals surface area contributed by atoms with Crippen LogP contribution in [0.4, 0.5) is 13.2 Å². The molecule has 1 amide bonds. The Balaban J connectivity index is 0.000000321. The molecule has 6 nitrogen and oxygen atoms in total. The van der Waals surface area contributed by atoms with Gasteiger partial charge in [0.05, 0.1) is 0 Å². The molecule has 3 aromatic rings. The third kappa shape index (κ3) is 5.55. The fourth-order valence-corrected chi connectivity index (χ4v) is 2.79. The van der Waals surface area contributed by atoms with Gasteiger partial charge in [0.2, 0.25) is 0 Å². The molecule has 0 aliphatic rings. The molecule has 10 heteroatoms. The SMILES string of the molecule is Cc1ccc2nc(C(=O)N(C)Cc3ccsc3)cn2c1.O=C(O)C(F)(F)F. The van der Waals surface area contributed by atoms with Crippen LogP contribution in [-0.2, 0) is 11.3 Å². The normalized spacial score (nSPS) is 11.0. The number of hydrogen-bond acceptors (Lipinski definition) is 4. The maximum atomic E-state index is 12.4. The Bertz CT molecular complexity index is 936. The Hall–Kier alpha value is -2.88. The molecule has 27 heavy (non-hydrogen) atoms. The number of alkyl halides is 3. The monoisotopic (exact) mass is 399 g/mol. The molecule has 0 saturated carbocycles. The zero-order valence-corrected chi connectivity index (χ0v) is 15.2. The van der Waals surface area contributed by atoms with Gasteiger partial charge in [-0.1, -0.05) is 6.07 Å². The molecule has 0 aliphatic carbocycles. The number of nitrogens with zero attached hydrogens (tertiary/aromatic N) is 3. The fraction of sp³-hybridized carbons (Fsp3) is 0.235. The summed E-state index contributed by atoms with van der Waals surface area (Å²) in [6.45, 7) is 2.62. The van der Waals surface area contributed by atoms with Gasteiger partial charge in [-0.3, -0.25) is 4.79 Å². The highest BCUT2D eigenvalue weighted by Gasteiger charge is 2.38. The van der Waals surface area contributed by atoms with E-state index in [1.807, 2.05) is 41.1 Å². The predicted octanol–water partition coefficient (Wildman–Crippen LogP) is 3.61. The second-order valence-corrected chi connectivity index (χ2v) is 6.47. The van der Waals surface area contributed by atoms with Crippen molar-refractivity contribution in [2.75, 3.05) is 7.05 Å². The number of fused-ring (bicyclic) bond motifs is 1. The van der Waals surface area contributed by atoms with Crippen LogP contribution in [0.25, 0.3) is 5.65 Å². The van der Waals surface area contributed by atoms with E-state index < -0.39 is 12.1 Å². The third-order valence-electron chi connectivity index (χ3n) is 3.41. The second kappa shape index (κ2) is 8.21. The molecule has 3 heterocycles. The highest BCUT2D eigenvalue weighted by Crippen LogP contribution is 2.13. The summed E-state index contributed by atoms with van der Waals surface area (Å²) < 4.78 is 33.6.